The van der Waals surface area contributed by atoms with Gasteiger partial charge in [0, 0.05) is 30.1 Å². The first-order chi connectivity index (χ1) is 9.24. The molecule has 0 amide bonds. The predicted octanol–water partition coefficient (Wildman–Crippen LogP) is 3.15. The van der Waals surface area contributed by atoms with Crippen molar-refractivity contribution in [3.05, 3.63) is 42.1 Å². The van der Waals surface area contributed by atoms with Crippen LogP contribution in [0.4, 0.5) is 0 Å². The van der Waals surface area contributed by atoms with Crippen molar-refractivity contribution in [2.75, 3.05) is 19.6 Å². The second-order valence-electron chi connectivity index (χ2n) is 4.61. The van der Waals surface area contributed by atoms with Crippen LogP contribution >= 0.6 is 0 Å². The van der Waals surface area contributed by atoms with E-state index in [4.69, 9.17) is 0 Å². The Bertz CT molecular complexity index is 561. The van der Waals surface area contributed by atoms with E-state index in [-0.39, 0.29) is 5.78 Å². The Balaban J connectivity index is 2.09. The van der Waals surface area contributed by atoms with Gasteiger partial charge in [-0.05, 0) is 37.4 Å². The number of aromatic nitrogens is 1. The molecule has 0 fully saturated rings. The van der Waals surface area contributed by atoms with Gasteiger partial charge >= 0.3 is 0 Å². The Morgan fingerprint density at radius 3 is 2.74 bits per heavy atom. The van der Waals surface area contributed by atoms with Crippen LogP contribution in [-0.4, -0.2) is 35.3 Å². The number of hydrogen-bond donors (Lipinski definition) is 0. The van der Waals surface area contributed by atoms with Gasteiger partial charge in [-0.1, -0.05) is 19.9 Å². The van der Waals surface area contributed by atoms with Crippen LogP contribution in [0.25, 0.3) is 10.9 Å². The number of carbonyl (C=O) groups excluding carboxylic acids is 1. The molecule has 0 unspecified atom stereocenters. The van der Waals surface area contributed by atoms with Gasteiger partial charge in [-0.3, -0.25) is 9.78 Å². The maximum atomic E-state index is 12.2. The maximum absolute atomic E-state index is 12.2. The third-order valence-corrected chi connectivity index (χ3v) is 3.47. The van der Waals surface area contributed by atoms with Crippen LogP contribution in [0.5, 0.6) is 0 Å². The van der Waals surface area contributed by atoms with Crippen molar-refractivity contribution in [1.29, 1.82) is 0 Å². The first kappa shape index (κ1) is 13.7. The second-order valence-corrected chi connectivity index (χ2v) is 4.61. The van der Waals surface area contributed by atoms with Crippen LogP contribution in [0.1, 0.15) is 30.6 Å². The van der Waals surface area contributed by atoms with Gasteiger partial charge in [0.15, 0.2) is 5.78 Å². The van der Waals surface area contributed by atoms with E-state index in [9.17, 15) is 4.79 Å². The van der Waals surface area contributed by atoms with Crippen LogP contribution in [0.3, 0.4) is 0 Å². The van der Waals surface area contributed by atoms with E-state index >= 15 is 0 Å². The lowest BCUT2D eigenvalue weighted by atomic mass is 10.1. The topological polar surface area (TPSA) is 33.2 Å². The molecule has 3 nitrogen and oxygen atoms in total. The molecule has 0 aliphatic carbocycles. The lowest BCUT2D eigenvalue weighted by Crippen LogP contribution is -2.25. The molecule has 0 saturated heterocycles. The van der Waals surface area contributed by atoms with E-state index in [0.29, 0.717) is 6.42 Å². The summed E-state index contributed by atoms with van der Waals surface area (Å²) in [6.45, 7) is 7.05. The Morgan fingerprint density at radius 2 is 2.00 bits per heavy atom. The van der Waals surface area contributed by atoms with Gasteiger partial charge < -0.3 is 4.90 Å². The molecule has 1 aromatic carbocycles. The van der Waals surface area contributed by atoms with Gasteiger partial charge in [-0.25, -0.2) is 0 Å². The van der Waals surface area contributed by atoms with Crippen molar-refractivity contribution < 1.29 is 4.79 Å². The number of fused-ring (bicyclic) bond motifs is 1. The highest BCUT2D eigenvalue weighted by Gasteiger charge is 2.08. The van der Waals surface area contributed by atoms with Gasteiger partial charge in [0.25, 0.3) is 0 Å². The summed E-state index contributed by atoms with van der Waals surface area (Å²) in [5, 5.41) is 1.02. The number of benzene rings is 1. The number of ketones is 1. The van der Waals surface area contributed by atoms with Gasteiger partial charge in [-0.15, -0.1) is 0 Å². The predicted molar refractivity (Wildman–Crippen MR) is 78.5 cm³/mol. The lowest BCUT2D eigenvalue weighted by molar-refractivity contribution is 0.0966. The zero-order valence-electron chi connectivity index (χ0n) is 11.6. The molecule has 0 spiro atoms. The molecule has 2 rings (SSSR count). The summed E-state index contributed by atoms with van der Waals surface area (Å²) in [4.78, 5) is 18.7. The summed E-state index contributed by atoms with van der Waals surface area (Å²) >= 11 is 0. The molecular formula is C16H20N2O. The average molecular weight is 256 g/mol. The highest BCUT2D eigenvalue weighted by atomic mass is 16.1. The quantitative estimate of drug-likeness (QED) is 0.744. The molecule has 0 N–H and O–H groups in total. The fraction of sp³-hybridized carbons (Fsp3) is 0.375. The van der Waals surface area contributed by atoms with Crippen LogP contribution in [0.2, 0.25) is 0 Å². The minimum atomic E-state index is 0.206. The molecule has 1 aromatic heterocycles. The molecule has 19 heavy (non-hydrogen) atoms. The first-order valence-electron chi connectivity index (χ1n) is 6.85. The van der Waals surface area contributed by atoms with Crippen molar-refractivity contribution in [3.8, 4) is 0 Å². The summed E-state index contributed by atoms with van der Waals surface area (Å²) in [7, 11) is 0. The largest absolute Gasteiger partial charge is 0.303 e. The van der Waals surface area contributed by atoms with E-state index in [1.54, 1.807) is 6.20 Å². The number of hydrogen-bond acceptors (Lipinski definition) is 3. The fourth-order valence-electron chi connectivity index (χ4n) is 2.19. The monoisotopic (exact) mass is 256 g/mol. The molecular weight excluding hydrogens is 236 g/mol. The summed E-state index contributed by atoms with van der Waals surface area (Å²) in [6, 6.07) is 9.61. The van der Waals surface area contributed by atoms with Crippen molar-refractivity contribution >= 4 is 16.7 Å². The summed E-state index contributed by atoms with van der Waals surface area (Å²) in [5.74, 6) is 0.206. The molecule has 3 heteroatoms. The molecule has 100 valence electrons. The minimum Gasteiger partial charge on any atom is -0.303 e. The van der Waals surface area contributed by atoms with E-state index < -0.39 is 0 Å². The average Bonchev–Trinajstić information content (AvgIpc) is 2.47. The number of Topliss-reactive ketones (excluding diaryl/α,β-unsaturated/α-hetero) is 1. The Kier molecular flexibility index (Phi) is 4.63. The molecule has 0 aliphatic heterocycles. The maximum Gasteiger partial charge on any atom is 0.164 e. The van der Waals surface area contributed by atoms with Crippen LogP contribution in [0.15, 0.2) is 36.5 Å². The van der Waals surface area contributed by atoms with Crippen LogP contribution in [0, 0.1) is 0 Å². The highest BCUT2D eigenvalue weighted by molar-refractivity contribution is 5.99. The molecule has 0 bridgehead atoms. The Labute approximate surface area is 114 Å². The van der Waals surface area contributed by atoms with Crippen molar-refractivity contribution in [3.63, 3.8) is 0 Å². The summed E-state index contributed by atoms with van der Waals surface area (Å²) in [5.41, 5.74) is 1.72. The van der Waals surface area contributed by atoms with E-state index in [1.807, 2.05) is 30.3 Å². The number of nitrogens with zero attached hydrogens (tertiary/aromatic N) is 2. The van der Waals surface area contributed by atoms with Gasteiger partial charge in [0.05, 0.1) is 5.52 Å². The van der Waals surface area contributed by atoms with E-state index in [2.05, 4.69) is 23.7 Å². The number of carbonyl (C=O) groups is 1. The van der Waals surface area contributed by atoms with Crippen LogP contribution < -0.4 is 0 Å². The van der Waals surface area contributed by atoms with E-state index in [0.717, 1.165) is 36.1 Å². The zero-order chi connectivity index (χ0) is 13.7. The molecule has 1 heterocycles. The fourth-order valence-corrected chi connectivity index (χ4v) is 2.19. The normalized spacial score (nSPS) is 11.1. The molecule has 0 aliphatic rings. The zero-order valence-corrected chi connectivity index (χ0v) is 11.6. The molecule has 0 atom stereocenters. The number of rotatable bonds is 6. The van der Waals surface area contributed by atoms with Crippen molar-refractivity contribution in [1.82, 2.24) is 9.88 Å². The van der Waals surface area contributed by atoms with Crippen molar-refractivity contribution in [2.24, 2.45) is 0 Å². The van der Waals surface area contributed by atoms with Gasteiger partial charge in [-0.2, -0.15) is 0 Å². The first-order valence-corrected chi connectivity index (χ1v) is 6.85. The summed E-state index contributed by atoms with van der Waals surface area (Å²) < 4.78 is 0. The SMILES string of the molecule is CCN(CC)CCC(=O)c1ccc2ncccc2c1. The van der Waals surface area contributed by atoms with E-state index in [1.165, 1.54) is 0 Å². The lowest BCUT2D eigenvalue weighted by Gasteiger charge is -2.17. The van der Waals surface area contributed by atoms with Crippen LogP contribution in [-0.2, 0) is 0 Å². The van der Waals surface area contributed by atoms with Gasteiger partial charge in [0.1, 0.15) is 0 Å². The Morgan fingerprint density at radius 1 is 1.21 bits per heavy atom. The third-order valence-electron chi connectivity index (χ3n) is 3.47. The Hall–Kier alpha value is -1.74. The highest BCUT2D eigenvalue weighted by Crippen LogP contribution is 2.14. The molecule has 0 radical (unpaired) electrons. The second kappa shape index (κ2) is 6.43. The molecule has 0 saturated carbocycles. The smallest absolute Gasteiger partial charge is 0.164 e. The number of pyridine rings is 1. The molecule has 2 aromatic rings. The third kappa shape index (κ3) is 3.38. The summed E-state index contributed by atoms with van der Waals surface area (Å²) in [6.07, 6.45) is 2.34. The standard InChI is InChI=1S/C16H20N2O/c1-3-18(4-2)11-9-16(19)14-7-8-15-13(12-14)6-5-10-17-15/h5-8,10,12H,3-4,9,11H2,1-2H3. The minimum absolute atomic E-state index is 0.206. The van der Waals surface area contributed by atoms with Gasteiger partial charge in [0.2, 0.25) is 0 Å². The van der Waals surface area contributed by atoms with Crippen molar-refractivity contribution in [2.45, 2.75) is 20.3 Å².